The molecule has 2 heterocycles. The molecule has 0 spiro atoms. The average Bonchev–Trinajstić information content (AvgIpc) is 3.17. The minimum absolute atomic E-state index is 0.0334. The van der Waals surface area contributed by atoms with E-state index in [4.69, 9.17) is 0 Å². The standard InChI is InChI=1S/C15H17N5O/c1-12(21)14(11-19-9-5-6-10-19)15-16-17-18-20(15)13-7-3-2-4-8-13/h2-4,7-8,11H,5-6,9-10H2,1H3/b14-11+. The first-order chi connectivity index (χ1) is 10.3. The lowest BCUT2D eigenvalue weighted by molar-refractivity contribution is -0.111. The lowest BCUT2D eigenvalue weighted by Crippen LogP contribution is -2.15. The number of hydrogen-bond donors (Lipinski definition) is 0. The van der Waals surface area contributed by atoms with Crippen molar-refractivity contribution in [3.05, 3.63) is 42.4 Å². The number of para-hydroxylation sites is 1. The summed E-state index contributed by atoms with van der Waals surface area (Å²) in [4.78, 5) is 14.2. The molecule has 1 aliphatic heterocycles. The van der Waals surface area contributed by atoms with Crippen molar-refractivity contribution < 1.29 is 4.79 Å². The number of benzene rings is 1. The fraction of sp³-hybridized carbons (Fsp3) is 0.333. The van der Waals surface area contributed by atoms with Gasteiger partial charge in [-0.1, -0.05) is 18.2 Å². The number of Topliss-reactive ketones (excluding diaryl/α,β-unsaturated/α-hetero) is 1. The summed E-state index contributed by atoms with van der Waals surface area (Å²) in [6.45, 7) is 3.50. The molecule has 1 saturated heterocycles. The van der Waals surface area contributed by atoms with Crippen LogP contribution < -0.4 is 0 Å². The van der Waals surface area contributed by atoms with Gasteiger partial charge in [-0.25, -0.2) is 0 Å². The first kappa shape index (κ1) is 13.5. The second-order valence-corrected chi connectivity index (χ2v) is 5.09. The Bertz CT molecular complexity index is 656. The molecule has 6 nitrogen and oxygen atoms in total. The minimum Gasteiger partial charge on any atom is -0.377 e. The Morgan fingerprint density at radius 2 is 1.90 bits per heavy atom. The van der Waals surface area contributed by atoms with Crippen LogP contribution >= 0.6 is 0 Å². The number of allylic oxidation sites excluding steroid dienone is 1. The first-order valence-corrected chi connectivity index (χ1v) is 7.06. The third-order valence-corrected chi connectivity index (χ3v) is 3.54. The van der Waals surface area contributed by atoms with Gasteiger partial charge in [0.1, 0.15) is 0 Å². The zero-order valence-corrected chi connectivity index (χ0v) is 11.9. The molecule has 0 atom stereocenters. The molecule has 1 aromatic carbocycles. The quantitative estimate of drug-likeness (QED) is 0.799. The molecular formula is C15H17N5O. The summed E-state index contributed by atoms with van der Waals surface area (Å²) in [6, 6.07) is 9.58. The number of tetrazole rings is 1. The zero-order valence-electron chi connectivity index (χ0n) is 11.9. The topological polar surface area (TPSA) is 63.9 Å². The average molecular weight is 283 g/mol. The summed E-state index contributed by atoms with van der Waals surface area (Å²) in [5, 5.41) is 11.8. The Hall–Kier alpha value is -2.50. The van der Waals surface area contributed by atoms with E-state index in [9.17, 15) is 4.79 Å². The zero-order chi connectivity index (χ0) is 14.7. The van der Waals surface area contributed by atoms with Gasteiger partial charge in [-0.2, -0.15) is 4.68 Å². The van der Waals surface area contributed by atoms with Crippen LogP contribution in [-0.4, -0.2) is 44.0 Å². The van der Waals surface area contributed by atoms with E-state index in [0.717, 1.165) is 31.6 Å². The molecule has 1 fully saturated rings. The molecule has 6 heteroatoms. The van der Waals surface area contributed by atoms with Crippen molar-refractivity contribution in [1.29, 1.82) is 0 Å². The molecule has 3 rings (SSSR count). The van der Waals surface area contributed by atoms with E-state index in [-0.39, 0.29) is 5.78 Å². The summed E-state index contributed by atoms with van der Waals surface area (Å²) in [5.74, 6) is 0.453. The van der Waals surface area contributed by atoms with E-state index in [1.165, 1.54) is 0 Å². The number of nitrogens with zero attached hydrogens (tertiary/aromatic N) is 5. The van der Waals surface area contributed by atoms with Gasteiger partial charge in [0.05, 0.1) is 11.3 Å². The summed E-state index contributed by atoms with van der Waals surface area (Å²) < 4.78 is 1.60. The van der Waals surface area contributed by atoms with Gasteiger partial charge in [-0.3, -0.25) is 4.79 Å². The van der Waals surface area contributed by atoms with E-state index in [0.29, 0.717) is 11.4 Å². The fourth-order valence-electron chi connectivity index (χ4n) is 2.46. The van der Waals surface area contributed by atoms with E-state index < -0.39 is 0 Å². The van der Waals surface area contributed by atoms with Crippen LogP contribution in [0.2, 0.25) is 0 Å². The van der Waals surface area contributed by atoms with Crippen LogP contribution in [0.3, 0.4) is 0 Å². The molecule has 108 valence electrons. The van der Waals surface area contributed by atoms with Gasteiger partial charge in [-0.05, 0) is 42.3 Å². The molecular weight excluding hydrogens is 266 g/mol. The van der Waals surface area contributed by atoms with Gasteiger partial charge >= 0.3 is 0 Å². The first-order valence-electron chi connectivity index (χ1n) is 7.06. The number of hydrogen-bond acceptors (Lipinski definition) is 5. The van der Waals surface area contributed by atoms with Crippen LogP contribution in [0.5, 0.6) is 0 Å². The van der Waals surface area contributed by atoms with Crippen LogP contribution in [0.4, 0.5) is 0 Å². The van der Waals surface area contributed by atoms with Crippen LogP contribution in [0.25, 0.3) is 11.3 Å². The Balaban J connectivity index is 2.01. The van der Waals surface area contributed by atoms with Gasteiger partial charge < -0.3 is 4.90 Å². The Kier molecular flexibility index (Phi) is 3.77. The van der Waals surface area contributed by atoms with Gasteiger partial charge in [0.25, 0.3) is 0 Å². The molecule has 0 bridgehead atoms. The SMILES string of the molecule is CC(=O)/C(=C\N1CCCC1)c1nnnn1-c1ccccc1. The number of rotatable bonds is 4. The summed E-state index contributed by atoms with van der Waals surface area (Å²) >= 11 is 0. The summed E-state index contributed by atoms with van der Waals surface area (Å²) in [6.07, 6.45) is 4.21. The molecule has 2 aromatic rings. The van der Waals surface area contributed by atoms with Crippen molar-refractivity contribution in [2.24, 2.45) is 0 Å². The number of ketones is 1. The predicted molar refractivity (Wildman–Crippen MR) is 78.6 cm³/mol. The van der Waals surface area contributed by atoms with E-state index in [2.05, 4.69) is 20.4 Å². The van der Waals surface area contributed by atoms with Crippen LogP contribution in [0.15, 0.2) is 36.5 Å². The highest BCUT2D eigenvalue weighted by molar-refractivity contribution is 6.18. The van der Waals surface area contributed by atoms with E-state index in [1.807, 2.05) is 36.5 Å². The van der Waals surface area contributed by atoms with Gasteiger partial charge in [0.15, 0.2) is 11.6 Å². The normalized spacial score (nSPS) is 15.5. The molecule has 0 radical (unpaired) electrons. The lowest BCUT2D eigenvalue weighted by atomic mass is 10.2. The monoisotopic (exact) mass is 283 g/mol. The summed E-state index contributed by atoms with van der Waals surface area (Å²) in [5.41, 5.74) is 1.39. The maximum atomic E-state index is 12.0. The largest absolute Gasteiger partial charge is 0.377 e. The van der Waals surface area contributed by atoms with Crippen molar-refractivity contribution in [2.45, 2.75) is 19.8 Å². The van der Waals surface area contributed by atoms with Crippen molar-refractivity contribution >= 4 is 11.4 Å². The second-order valence-electron chi connectivity index (χ2n) is 5.09. The highest BCUT2D eigenvalue weighted by atomic mass is 16.1. The maximum absolute atomic E-state index is 12.0. The van der Waals surface area contributed by atoms with Crippen LogP contribution in [-0.2, 0) is 4.79 Å². The van der Waals surface area contributed by atoms with Crippen molar-refractivity contribution in [3.8, 4) is 5.69 Å². The van der Waals surface area contributed by atoms with Crippen LogP contribution in [0, 0.1) is 0 Å². The Labute approximate surface area is 123 Å². The number of carbonyl (C=O) groups excluding carboxylic acids is 1. The fourth-order valence-corrected chi connectivity index (χ4v) is 2.46. The van der Waals surface area contributed by atoms with Crippen molar-refractivity contribution in [1.82, 2.24) is 25.1 Å². The van der Waals surface area contributed by atoms with E-state index in [1.54, 1.807) is 11.6 Å². The molecule has 0 aliphatic carbocycles. The van der Waals surface area contributed by atoms with Gasteiger partial charge in [0.2, 0.25) is 0 Å². The second kappa shape index (κ2) is 5.87. The van der Waals surface area contributed by atoms with Crippen molar-refractivity contribution in [3.63, 3.8) is 0 Å². The molecule has 1 aliphatic rings. The number of likely N-dealkylation sites (tertiary alicyclic amines) is 1. The van der Waals surface area contributed by atoms with Gasteiger partial charge in [-0.15, -0.1) is 5.10 Å². The molecule has 0 saturated carbocycles. The maximum Gasteiger partial charge on any atom is 0.192 e. The Morgan fingerprint density at radius 1 is 1.19 bits per heavy atom. The molecule has 21 heavy (non-hydrogen) atoms. The highest BCUT2D eigenvalue weighted by Crippen LogP contribution is 2.19. The third-order valence-electron chi connectivity index (χ3n) is 3.54. The summed E-state index contributed by atoms with van der Waals surface area (Å²) in [7, 11) is 0. The van der Waals surface area contributed by atoms with Crippen LogP contribution in [0.1, 0.15) is 25.6 Å². The number of carbonyl (C=O) groups is 1. The third kappa shape index (κ3) is 2.84. The van der Waals surface area contributed by atoms with E-state index >= 15 is 0 Å². The van der Waals surface area contributed by atoms with Crippen molar-refractivity contribution in [2.75, 3.05) is 13.1 Å². The Morgan fingerprint density at radius 3 is 2.57 bits per heavy atom. The van der Waals surface area contributed by atoms with Gasteiger partial charge in [0, 0.05) is 19.3 Å². The highest BCUT2D eigenvalue weighted by Gasteiger charge is 2.19. The lowest BCUT2D eigenvalue weighted by Gasteiger charge is -2.13. The number of aromatic nitrogens is 4. The molecule has 1 aromatic heterocycles. The molecule has 0 N–H and O–H groups in total. The minimum atomic E-state index is -0.0334. The molecule has 0 amide bonds. The smallest absolute Gasteiger partial charge is 0.192 e. The predicted octanol–water partition coefficient (Wildman–Crippen LogP) is 1.69. The molecule has 0 unspecified atom stereocenters.